The number of hydrogen-bond acceptors (Lipinski definition) is 1. The van der Waals surface area contributed by atoms with Crippen LogP contribution in [-0.2, 0) is 6.42 Å². The smallest absolute Gasteiger partial charge is 0.0408 e. The predicted molar refractivity (Wildman–Crippen MR) is 77.0 cm³/mol. The Kier molecular flexibility index (Phi) is 2.60. The Bertz CT molecular complexity index is 476. The van der Waals surface area contributed by atoms with E-state index >= 15 is 0 Å². The van der Waals surface area contributed by atoms with E-state index in [1.165, 1.54) is 17.5 Å². The molecule has 0 radical (unpaired) electrons. The van der Waals surface area contributed by atoms with Crippen LogP contribution in [0.15, 0.2) is 18.2 Å². The van der Waals surface area contributed by atoms with E-state index in [0.717, 1.165) is 11.4 Å². The van der Waals surface area contributed by atoms with Gasteiger partial charge in [-0.3, -0.25) is 0 Å². The minimum atomic E-state index is 0.405. The summed E-state index contributed by atoms with van der Waals surface area (Å²) in [4.78, 5) is 0. The number of hydrogen-bond donors (Lipinski definition) is 1. The highest BCUT2D eigenvalue weighted by Crippen LogP contribution is 2.63. The summed E-state index contributed by atoms with van der Waals surface area (Å²) in [5.41, 5.74) is 3.69. The van der Waals surface area contributed by atoms with Crippen LogP contribution in [0, 0.1) is 10.8 Å². The fraction of sp³-hybridized carbons (Fsp3) is 0.625. The van der Waals surface area contributed by atoms with Gasteiger partial charge in [-0.1, -0.05) is 45.4 Å². The maximum absolute atomic E-state index is 6.06. The molecule has 0 bridgehead atoms. The van der Waals surface area contributed by atoms with Crippen molar-refractivity contribution in [3.63, 3.8) is 0 Å². The number of benzene rings is 1. The highest BCUT2D eigenvalue weighted by molar-refractivity contribution is 6.30. The van der Waals surface area contributed by atoms with Crippen molar-refractivity contribution < 1.29 is 0 Å². The first-order valence-electron chi connectivity index (χ1n) is 6.88. The van der Waals surface area contributed by atoms with Gasteiger partial charge in [0.1, 0.15) is 0 Å². The van der Waals surface area contributed by atoms with Gasteiger partial charge < -0.3 is 5.32 Å². The van der Waals surface area contributed by atoms with Gasteiger partial charge in [0.15, 0.2) is 0 Å². The summed E-state index contributed by atoms with van der Waals surface area (Å²) < 4.78 is 0. The molecule has 1 aromatic rings. The lowest BCUT2D eigenvalue weighted by molar-refractivity contribution is 0.457. The molecule has 0 amide bonds. The lowest BCUT2D eigenvalue weighted by atomic mass is 10.0. The van der Waals surface area contributed by atoms with Gasteiger partial charge in [0.05, 0.1) is 0 Å². The normalized spacial score (nSPS) is 28.2. The third-order valence-electron chi connectivity index (χ3n) is 5.57. The standard InChI is InChI=1S/C16H22ClN/c1-15(2)14(16(15,3)4)18-13-8-5-10-9-11(17)6-7-12(10)13/h6-7,9,13-14,18H,5,8H2,1-4H3. The lowest BCUT2D eigenvalue weighted by Crippen LogP contribution is -2.26. The second-order valence-corrected chi connectivity index (χ2v) is 7.41. The van der Waals surface area contributed by atoms with Crippen molar-refractivity contribution in [2.45, 2.75) is 52.6 Å². The summed E-state index contributed by atoms with van der Waals surface area (Å²) in [5.74, 6) is 0. The zero-order valence-electron chi connectivity index (χ0n) is 11.7. The molecule has 1 saturated carbocycles. The third kappa shape index (κ3) is 1.64. The molecule has 1 aromatic carbocycles. The van der Waals surface area contributed by atoms with Crippen LogP contribution < -0.4 is 5.32 Å². The van der Waals surface area contributed by atoms with E-state index in [4.69, 9.17) is 11.6 Å². The fourth-order valence-corrected chi connectivity index (χ4v) is 3.77. The summed E-state index contributed by atoms with van der Waals surface area (Å²) in [6.45, 7) is 9.45. The minimum Gasteiger partial charge on any atom is -0.306 e. The Labute approximate surface area is 115 Å². The average molecular weight is 264 g/mol. The summed E-state index contributed by atoms with van der Waals surface area (Å²) in [6, 6.07) is 7.48. The quantitative estimate of drug-likeness (QED) is 0.836. The van der Waals surface area contributed by atoms with Gasteiger partial charge in [-0.05, 0) is 46.9 Å². The van der Waals surface area contributed by atoms with Gasteiger partial charge in [0.2, 0.25) is 0 Å². The average Bonchev–Trinajstić information content (AvgIpc) is 2.64. The zero-order chi connectivity index (χ0) is 13.1. The molecule has 1 fully saturated rings. The molecule has 3 rings (SSSR count). The molecule has 18 heavy (non-hydrogen) atoms. The Morgan fingerprint density at radius 1 is 1.17 bits per heavy atom. The van der Waals surface area contributed by atoms with E-state index in [0.29, 0.717) is 22.9 Å². The van der Waals surface area contributed by atoms with Crippen molar-refractivity contribution in [2.24, 2.45) is 10.8 Å². The molecule has 1 unspecified atom stereocenters. The van der Waals surface area contributed by atoms with Crippen molar-refractivity contribution in [2.75, 3.05) is 0 Å². The highest BCUT2D eigenvalue weighted by Gasteiger charge is 2.65. The SMILES string of the molecule is CC1(C)C(NC2CCc3cc(Cl)ccc32)C1(C)C. The monoisotopic (exact) mass is 263 g/mol. The molecule has 0 saturated heterocycles. The number of fused-ring (bicyclic) bond motifs is 1. The molecule has 0 aromatic heterocycles. The molecule has 1 atom stereocenters. The first-order chi connectivity index (χ1) is 8.34. The van der Waals surface area contributed by atoms with Crippen molar-refractivity contribution in [1.29, 1.82) is 0 Å². The Morgan fingerprint density at radius 3 is 2.44 bits per heavy atom. The summed E-state index contributed by atoms with van der Waals surface area (Å²) >= 11 is 6.06. The Morgan fingerprint density at radius 2 is 1.83 bits per heavy atom. The maximum atomic E-state index is 6.06. The van der Waals surface area contributed by atoms with Crippen LogP contribution in [0.25, 0.3) is 0 Å². The van der Waals surface area contributed by atoms with Crippen LogP contribution in [0.5, 0.6) is 0 Å². The van der Waals surface area contributed by atoms with Gasteiger partial charge in [-0.25, -0.2) is 0 Å². The van der Waals surface area contributed by atoms with Gasteiger partial charge in [0, 0.05) is 17.1 Å². The van der Waals surface area contributed by atoms with Gasteiger partial charge in [-0.15, -0.1) is 0 Å². The van der Waals surface area contributed by atoms with E-state index < -0.39 is 0 Å². The minimum absolute atomic E-state index is 0.405. The van der Waals surface area contributed by atoms with Crippen molar-refractivity contribution in [3.8, 4) is 0 Å². The predicted octanol–water partition coefficient (Wildman–Crippen LogP) is 4.35. The molecule has 2 heteroatoms. The second-order valence-electron chi connectivity index (χ2n) is 6.98. The molecule has 1 N–H and O–H groups in total. The molecule has 1 nitrogen and oxygen atoms in total. The van der Waals surface area contributed by atoms with Crippen LogP contribution in [0.4, 0.5) is 0 Å². The highest BCUT2D eigenvalue weighted by atomic mass is 35.5. The van der Waals surface area contributed by atoms with E-state index in [-0.39, 0.29) is 0 Å². The first kappa shape index (κ1) is 12.5. The van der Waals surface area contributed by atoms with Gasteiger partial charge in [-0.2, -0.15) is 0 Å². The van der Waals surface area contributed by atoms with Gasteiger partial charge >= 0.3 is 0 Å². The number of nitrogens with one attached hydrogen (secondary N) is 1. The summed E-state index contributed by atoms with van der Waals surface area (Å²) in [6.07, 6.45) is 2.36. The topological polar surface area (TPSA) is 12.0 Å². The van der Waals surface area contributed by atoms with Crippen LogP contribution in [0.2, 0.25) is 5.02 Å². The van der Waals surface area contributed by atoms with E-state index in [1.54, 1.807) is 0 Å². The molecule has 2 aliphatic rings. The molecular formula is C16H22ClN. The first-order valence-corrected chi connectivity index (χ1v) is 7.26. The molecule has 0 aliphatic heterocycles. The molecule has 98 valence electrons. The van der Waals surface area contributed by atoms with Gasteiger partial charge in [0.25, 0.3) is 0 Å². The molecular weight excluding hydrogens is 242 g/mol. The van der Waals surface area contributed by atoms with E-state index in [9.17, 15) is 0 Å². The Balaban J connectivity index is 1.79. The second kappa shape index (κ2) is 3.74. The lowest BCUT2D eigenvalue weighted by Gasteiger charge is -2.16. The zero-order valence-corrected chi connectivity index (χ0v) is 12.4. The van der Waals surface area contributed by atoms with Crippen LogP contribution in [0.1, 0.15) is 51.3 Å². The van der Waals surface area contributed by atoms with Crippen LogP contribution in [-0.4, -0.2) is 6.04 Å². The van der Waals surface area contributed by atoms with Crippen molar-refractivity contribution in [1.82, 2.24) is 5.32 Å². The Hall–Kier alpha value is -0.530. The van der Waals surface area contributed by atoms with Crippen molar-refractivity contribution >= 4 is 11.6 Å². The number of rotatable bonds is 2. The fourth-order valence-electron chi connectivity index (χ4n) is 3.57. The molecule has 0 spiro atoms. The number of halogens is 1. The molecule has 0 heterocycles. The van der Waals surface area contributed by atoms with Crippen LogP contribution in [0.3, 0.4) is 0 Å². The van der Waals surface area contributed by atoms with E-state index in [2.05, 4.69) is 45.1 Å². The third-order valence-corrected chi connectivity index (χ3v) is 5.81. The number of aryl methyl sites for hydroxylation is 1. The largest absolute Gasteiger partial charge is 0.306 e. The van der Waals surface area contributed by atoms with E-state index in [1.807, 2.05) is 6.07 Å². The van der Waals surface area contributed by atoms with Crippen LogP contribution >= 0.6 is 11.6 Å². The summed E-state index contributed by atoms with van der Waals surface area (Å²) in [5, 5.41) is 4.73. The molecule has 2 aliphatic carbocycles. The maximum Gasteiger partial charge on any atom is 0.0408 e. The van der Waals surface area contributed by atoms with Crippen molar-refractivity contribution in [3.05, 3.63) is 34.3 Å². The summed E-state index contributed by atoms with van der Waals surface area (Å²) in [7, 11) is 0.